The maximum Gasteiger partial charge on any atom is 0.338 e. The van der Waals surface area contributed by atoms with Crippen LogP contribution in [0, 0.1) is 18.3 Å². The number of benzene rings is 2. The number of carbonyl (C=O) groups is 1. The van der Waals surface area contributed by atoms with Gasteiger partial charge < -0.3 is 14.4 Å². The second-order valence-corrected chi connectivity index (χ2v) is 13.1. The summed E-state index contributed by atoms with van der Waals surface area (Å²) < 4.78 is 39.8. The average Bonchev–Trinajstić information content (AvgIpc) is 3.36. The fourth-order valence-electron chi connectivity index (χ4n) is 5.38. The molecule has 1 unspecified atom stereocenters. The third kappa shape index (κ3) is 6.90. The number of alkyl halides is 2. The minimum atomic E-state index is -2.77. The monoisotopic (exact) mass is 689 g/mol. The van der Waals surface area contributed by atoms with Crippen LogP contribution in [0.3, 0.4) is 0 Å². The number of rotatable bonds is 10. The lowest BCUT2D eigenvalue weighted by molar-refractivity contribution is -0.139. The van der Waals surface area contributed by atoms with Crippen LogP contribution in [-0.2, 0) is 15.3 Å². The highest BCUT2D eigenvalue weighted by Crippen LogP contribution is 2.34. The number of allylic oxidation sites excluding steroid dienone is 1. The number of fused-ring (bicyclic) bond motifs is 1. The van der Waals surface area contributed by atoms with Crippen LogP contribution in [0.1, 0.15) is 59.8 Å². The van der Waals surface area contributed by atoms with Crippen LogP contribution >= 0.6 is 23.1 Å². The van der Waals surface area contributed by atoms with Gasteiger partial charge >= 0.3 is 5.97 Å². The standard InChI is InChI=1S/C35H33F2N5O4S2/c1-7-46-34(44)29-20(3)39-35-42(30(29)22-9-11-24(12-10-22)41(4)5)33(43)28(48-35)16-21-8-13-27(45-6)23(15-21)18-47-32-25(17-38)19(2)14-26(40-32)31(36)37/h8-16,30-31H,7,18H2,1-6H3. The number of carbonyl (C=O) groups excluding carboxylic acids is 1. The first-order valence-electron chi connectivity index (χ1n) is 14.9. The molecule has 4 aromatic rings. The van der Waals surface area contributed by atoms with E-state index >= 15 is 0 Å². The molecule has 2 aromatic carbocycles. The molecule has 3 heterocycles. The Hall–Kier alpha value is -4.80. The molecule has 48 heavy (non-hydrogen) atoms. The molecular weight excluding hydrogens is 657 g/mol. The van der Waals surface area contributed by atoms with E-state index in [2.05, 4.69) is 16.0 Å². The summed E-state index contributed by atoms with van der Waals surface area (Å²) in [6.07, 6.45) is -1.02. The van der Waals surface area contributed by atoms with Crippen LogP contribution in [0.2, 0.25) is 0 Å². The molecule has 1 aliphatic rings. The van der Waals surface area contributed by atoms with Crippen molar-refractivity contribution in [2.75, 3.05) is 32.7 Å². The zero-order valence-electron chi connectivity index (χ0n) is 27.2. The first-order chi connectivity index (χ1) is 23.0. The molecule has 9 nitrogen and oxygen atoms in total. The van der Waals surface area contributed by atoms with Crippen LogP contribution in [0.5, 0.6) is 5.75 Å². The van der Waals surface area contributed by atoms with E-state index in [0.717, 1.165) is 23.0 Å². The highest BCUT2D eigenvalue weighted by Gasteiger charge is 2.33. The van der Waals surface area contributed by atoms with Gasteiger partial charge in [-0.05, 0) is 73.9 Å². The normalized spacial score (nSPS) is 14.4. The van der Waals surface area contributed by atoms with Crippen molar-refractivity contribution in [3.05, 3.63) is 113 Å². The van der Waals surface area contributed by atoms with Gasteiger partial charge in [0.05, 0.1) is 41.1 Å². The summed E-state index contributed by atoms with van der Waals surface area (Å²) in [5.41, 5.74) is 3.85. The molecule has 1 atom stereocenters. The van der Waals surface area contributed by atoms with Crippen molar-refractivity contribution < 1.29 is 23.0 Å². The highest BCUT2D eigenvalue weighted by molar-refractivity contribution is 7.98. The number of methoxy groups -OCH3 is 1. The lowest BCUT2D eigenvalue weighted by Crippen LogP contribution is -2.39. The quantitative estimate of drug-likeness (QED) is 0.155. The van der Waals surface area contributed by atoms with Gasteiger partial charge in [0.1, 0.15) is 22.5 Å². The maximum atomic E-state index is 14.1. The second kappa shape index (κ2) is 14.5. The minimum absolute atomic E-state index is 0.176. The lowest BCUT2D eigenvalue weighted by atomic mass is 9.95. The number of halogens is 2. The van der Waals surface area contributed by atoms with Crippen LogP contribution in [-0.4, -0.2) is 43.3 Å². The second-order valence-electron chi connectivity index (χ2n) is 11.1. The van der Waals surface area contributed by atoms with Crippen molar-refractivity contribution in [1.82, 2.24) is 9.55 Å². The minimum Gasteiger partial charge on any atom is -0.496 e. The Kier molecular flexibility index (Phi) is 10.5. The summed E-state index contributed by atoms with van der Waals surface area (Å²) in [5.74, 6) is 0.290. The van der Waals surface area contributed by atoms with Crippen molar-refractivity contribution in [2.24, 2.45) is 4.99 Å². The topological polar surface area (TPSA) is 110 Å². The van der Waals surface area contributed by atoms with Crippen molar-refractivity contribution in [3.63, 3.8) is 0 Å². The molecule has 0 saturated heterocycles. The van der Waals surface area contributed by atoms with Gasteiger partial charge in [0.15, 0.2) is 4.80 Å². The Morgan fingerprint density at radius 3 is 2.54 bits per heavy atom. The van der Waals surface area contributed by atoms with E-state index in [1.165, 1.54) is 29.1 Å². The average molecular weight is 690 g/mol. The third-order valence-corrected chi connectivity index (χ3v) is 9.75. The van der Waals surface area contributed by atoms with E-state index in [1.807, 2.05) is 49.3 Å². The molecule has 0 N–H and O–H groups in total. The van der Waals surface area contributed by atoms with E-state index in [1.54, 1.807) is 39.0 Å². The van der Waals surface area contributed by atoms with Crippen LogP contribution in [0.15, 0.2) is 74.6 Å². The Morgan fingerprint density at radius 2 is 1.92 bits per heavy atom. The smallest absolute Gasteiger partial charge is 0.338 e. The van der Waals surface area contributed by atoms with Crippen LogP contribution in [0.25, 0.3) is 6.08 Å². The fourth-order valence-corrected chi connectivity index (χ4v) is 7.47. The molecule has 13 heteroatoms. The van der Waals surface area contributed by atoms with Gasteiger partial charge in [-0.1, -0.05) is 29.5 Å². The molecule has 2 aromatic heterocycles. The number of hydrogen-bond donors (Lipinski definition) is 0. The van der Waals surface area contributed by atoms with Gasteiger partial charge in [-0.15, -0.1) is 11.8 Å². The molecular formula is C35H33F2N5O4S2. The van der Waals surface area contributed by atoms with E-state index in [9.17, 15) is 23.6 Å². The summed E-state index contributed by atoms with van der Waals surface area (Å²) >= 11 is 2.37. The SMILES string of the molecule is CCOC(=O)C1=C(C)N=c2sc(=Cc3ccc(OC)c(CSc4nc(C(F)F)cc(C)c4C#N)c3)c(=O)n2C1c1ccc(N(C)C)cc1. The maximum absolute atomic E-state index is 14.1. The Balaban J connectivity index is 1.57. The van der Waals surface area contributed by atoms with Gasteiger partial charge in [0, 0.05) is 31.1 Å². The summed E-state index contributed by atoms with van der Waals surface area (Å²) in [6, 6.07) is 15.6. The van der Waals surface area contributed by atoms with Crippen molar-refractivity contribution >= 4 is 40.8 Å². The summed E-state index contributed by atoms with van der Waals surface area (Å²) in [5, 5.41) is 9.86. The van der Waals surface area contributed by atoms with Crippen LogP contribution in [0.4, 0.5) is 14.5 Å². The first-order valence-corrected chi connectivity index (χ1v) is 16.7. The third-order valence-electron chi connectivity index (χ3n) is 7.75. The van der Waals surface area contributed by atoms with Gasteiger partial charge in [0.25, 0.3) is 12.0 Å². The molecule has 5 rings (SSSR count). The number of ether oxygens (including phenoxy) is 2. The van der Waals surface area contributed by atoms with Gasteiger partial charge in [0.2, 0.25) is 0 Å². The van der Waals surface area contributed by atoms with E-state index < -0.39 is 24.1 Å². The number of thioether (sulfide) groups is 1. The van der Waals surface area contributed by atoms with Gasteiger partial charge in [-0.2, -0.15) is 5.26 Å². The molecule has 1 aliphatic heterocycles. The first kappa shape index (κ1) is 34.5. The highest BCUT2D eigenvalue weighted by atomic mass is 32.2. The number of anilines is 1. The number of nitriles is 1. The van der Waals surface area contributed by atoms with Crippen molar-refractivity contribution in [3.8, 4) is 11.8 Å². The van der Waals surface area contributed by atoms with Crippen molar-refractivity contribution in [2.45, 2.75) is 44.0 Å². The largest absolute Gasteiger partial charge is 0.496 e. The van der Waals surface area contributed by atoms with Gasteiger partial charge in [-0.25, -0.2) is 23.6 Å². The number of hydrogen-bond acceptors (Lipinski definition) is 10. The predicted molar refractivity (Wildman–Crippen MR) is 182 cm³/mol. The number of aromatic nitrogens is 2. The molecule has 0 amide bonds. The Morgan fingerprint density at radius 1 is 1.19 bits per heavy atom. The number of esters is 1. The molecule has 0 aliphatic carbocycles. The summed E-state index contributed by atoms with van der Waals surface area (Å²) in [7, 11) is 5.39. The molecule has 0 radical (unpaired) electrons. The molecule has 248 valence electrons. The zero-order valence-corrected chi connectivity index (χ0v) is 28.8. The van der Waals surface area contributed by atoms with E-state index in [0.29, 0.717) is 43.0 Å². The number of nitrogens with zero attached hydrogens (tertiary/aromatic N) is 5. The molecule has 0 saturated carbocycles. The molecule has 0 fully saturated rings. The fraction of sp³-hybridized carbons (Fsp3) is 0.286. The van der Waals surface area contributed by atoms with Gasteiger partial charge in [-0.3, -0.25) is 9.36 Å². The van der Waals surface area contributed by atoms with Crippen molar-refractivity contribution in [1.29, 1.82) is 5.26 Å². The van der Waals surface area contributed by atoms with Crippen LogP contribution < -0.4 is 24.5 Å². The summed E-state index contributed by atoms with van der Waals surface area (Å²) in [4.78, 5) is 38.4. The van der Waals surface area contributed by atoms with E-state index in [4.69, 9.17) is 9.47 Å². The Bertz CT molecular complexity index is 2130. The lowest BCUT2D eigenvalue weighted by Gasteiger charge is -2.25. The number of pyridine rings is 1. The zero-order chi connectivity index (χ0) is 34.7. The number of aryl methyl sites for hydroxylation is 1. The van der Waals surface area contributed by atoms with E-state index in [-0.39, 0.29) is 28.5 Å². The predicted octanol–water partition coefficient (Wildman–Crippen LogP) is 5.68. The summed E-state index contributed by atoms with van der Waals surface area (Å²) in [6.45, 7) is 5.25. The number of thiazole rings is 1. The molecule has 0 bridgehead atoms. The molecule has 0 spiro atoms. The Labute approximate surface area is 284 Å².